The van der Waals surface area contributed by atoms with E-state index in [9.17, 15) is 0 Å². The minimum Gasteiger partial charge on any atom is -0.493 e. The molecule has 0 atom stereocenters. The largest absolute Gasteiger partial charge is 0.493 e. The van der Waals surface area contributed by atoms with Crippen molar-refractivity contribution in [3.63, 3.8) is 0 Å². The number of ether oxygens (including phenoxy) is 2. The standard InChI is InChI=1S/C12H12ClN3O2/c1-17-9-4-3-7(5-10(9)18-2)8-6-11(13)16-12(14)15-8/h3-6H,1-2H3,(H2,14,15,16). The van der Waals surface area contributed by atoms with E-state index in [1.165, 1.54) is 0 Å². The van der Waals surface area contributed by atoms with Crippen molar-refractivity contribution < 1.29 is 9.47 Å². The van der Waals surface area contributed by atoms with Gasteiger partial charge in [0.25, 0.3) is 0 Å². The zero-order valence-electron chi connectivity index (χ0n) is 9.98. The highest BCUT2D eigenvalue weighted by Gasteiger charge is 2.08. The lowest BCUT2D eigenvalue weighted by Crippen LogP contribution is -1.97. The summed E-state index contributed by atoms with van der Waals surface area (Å²) >= 11 is 5.85. The molecule has 94 valence electrons. The predicted molar refractivity (Wildman–Crippen MR) is 70.0 cm³/mol. The molecule has 5 nitrogen and oxygen atoms in total. The van der Waals surface area contributed by atoms with Crippen LogP contribution >= 0.6 is 11.6 Å². The van der Waals surface area contributed by atoms with Crippen LogP contribution < -0.4 is 15.2 Å². The molecule has 0 saturated carbocycles. The van der Waals surface area contributed by atoms with Gasteiger partial charge in [0.05, 0.1) is 19.9 Å². The molecule has 1 aromatic carbocycles. The molecule has 0 aliphatic carbocycles. The highest BCUT2D eigenvalue weighted by atomic mass is 35.5. The second kappa shape index (κ2) is 5.10. The van der Waals surface area contributed by atoms with Crippen molar-refractivity contribution in [3.8, 4) is 22.8 Å². The molecule has 18 heavy (non-hydrogen) atoms. The number of halogens is 1. The fourth-order valence-electron chi connectivity index (χ4n) is 1.58. The first kappa shape index (κ1) is 12.4. The van der Waals surface area contributed by atoms with Crippen LogP contribution in [0.15, 0.2) is 24.3 Å². The van der Waals surface area contributed by atoms with Crippen molar-refractivity contribution in [2.45, 2.75) is 0 Å². The van der Waals surface area contributed by atoms with Crippen LogP contribution in [-0.2, 0) is 0 Å². The Kier molecular flexibility index (Phi) is 3.53. The maximum absolute atomic E-state index is 5.85. The van der Waals surface area contributed by atoms with Crippen LogP contribution in [0.4, 0.5) is 5.95 Å². The SMILES string of the molecule is COc1ccc(-c2cc(Cl)nc(N)n2)cc1OC. The molecule has 2 N–H and O–H groups in total. The van der Waals surface area contributed by atoms with E-state index in [4.69, 9.17) is 26.8 Å². The third kappa shape index (κ3) is 2.46. The van der Waals surface area contributed by atoms with Gasteiger partial charge in [-0.3, -0.25) is 0 Å². The van der Waals surface area contributed by atoms with Crippen LogP contribution in [-0.4, -0.2) is 24.2 Å². The summed E-state index contributed by atoms with van der Waals surface area (Å²) in [6.45, 7) is 0. The van der Waals surface area contributed by atoms with Crippen molar-refractivity contribution in [1.82, 2.24) is 9.97 Å². The van der Waals surface area contributed by atoms with Crippen molar-refractivity contribution in [2.24, 2.45) is 0 Å². The molecule has 0 spiro atoms. The van der Waals surface area contributed by atoms with Gasteiger partial charge in [0, 0.05) is 11.6 Å². The number of nitrogens with two attached hydrogens (primary N) is 1. The summed E-state index contributed by atoms with van der Waals surface area (Å²) in [4.78, 5) is 7.93. The normalized spacial score (nSPS) is 10.2. The summed E-state index contributed by atoms with van der Waals surface area (Å²) < 4.78 is 10.4. The number of nitrogen functional groups attached to an aromatic ring is 1. The summed E-state index contributed by atoms with van der Waals surface area (Å²) in [5.41, 5.74) is 7.02. The summed E-state index contributed by atoms with van der Waals surface area (Å²) in [6, 6.07) is 7.08. The minimum absolute atomic E-state index is 0.132. The maximum atomic E-state index is 5.85. The van der Waals surface area contributed by atoms with Gasteiger partial charge < -0.3 is 15.2 Å². The Bertz CT molecular complexity index is 555. The first-order chi connectivity index (χ1) is 8.63. The number of anilines is 1. The molecule has 0 aliphatic heterocycles. The van der Waals surface area contributed by atoms with Crippen LogP contribution in [0.2, 0.25) is 5.15 Å². The Morgan fingerprint density at radius 2 is 1.78 bits per heavy atom. The Morgan fingerprint density at radius 1 is 1.06 bits per heavy atom. The van der Waals surface area contributed by atoms with Gasteiger partial charge in [-0.15, -0.1) is 0 Å². The molecule has 2 rings (SSSR count). The Labute approximate surface area is 110 Å². The molecular formula is C12H12ClN3O2. The molecular weight excluding hydrogens is 254 g/mol. The molecule has 1 heterocycles. The molecule has 0 bridgehead atoms. The quantitative estimate of drug-likeness (QED) is 0.863. The van der Waals surface area contributed by atoms with Crippen molar-refractivity contribution in [1.29, 1.82) is 0 Å². The van der Waals surface area contributed by atoms with Gasteiger partial charge in [-0.05, 0) is 18.2 Å². The third-order valence-corrected chi connectivity index (χ3v) is 2.59. The molecule has 0 unspecified atom stereocenters. The third-order valence-electron chi connectivity index (χ3n) is 2.39. The van der Waals surface area contributed by atoms with Crippen LogP contribution in [0.1, 0.15) is 0 Å². The minimum atomic E-state index is 0.132. The van der Waals surface area contributed by atoms with Crippen molar-refractivity contribution >= 4 is 17.5 Å². The second-order valence-electron chi connectivity index (χ2n) is 3.50. The van der Waals surface area contributed by atoms with Crippen LogP contribution in [0.25, 0.3) is 11.3 Å². The number of hydrogen-bond donors (Lipinski definition) is 1. The lowest BCUT2D eigenvalue weighted by molar-refractivity contribution is 0.355. The molecule has 0 radical (unpaired) electrons. The molecule has 0 fully saturated rings. The summed E-state index contributed by atoms with van der Waals surface area (Å²) in [7, 11) is 3.15. The van der Waals surface area contributed by atoms with Gasteiger partial charge in [-0.25, -0.2) is 9.97 Å². The zero-order valence-corrected chi connectivity index (χ0v) is 10.7. The van der Waals surface area contributed by atoms with Crippen LogP contribution in [0.3, 0.4) is 0 Å². The van der Waals surface area contributed by atoms with E-state index < -0.39 is 0 Å². The van der Waals surface area contributed by atoms with Crippen LogP contribution in [0, 0.1) is 0 Å². The van der Waals surface area contributed by atoms with Gasteiger partial charge in [-0.1, -0.05) is 11.6 Å². The predicted octanol–water partition coefficient (Wildman–Crippen LogP) is 2.40. The average molecular weight is 266 g/mol. The summed E-state index contributed by atoms with van der Waals surface area (Å²) in [5, 5.41) is 0.298. The van der Waals surface area contributed by atoms with Crippen molar-refractivity contribution in [2.75, 3.05) is 20.0 Å². The Balaban J connectivity index is 2.50. The van der Waals surface area contributed by atoms with E-state index in [-0.39, 0.29) is 5.95 Å². The molecule has 2 aromatic rings. The van der Waals surface area contributed by atoms with E-state index in [1.807, 2.05) is 6.07 Å². The molecule has 1 aromatic heterocycles. The lowest BCUT2D eigenvalue weighted by Gasteiger charge is -2.09. The maximum Gasteiger partial charge on any atom is 0.221 e. The molecule has 0 aliphatic rings. The summed E-state index contributed by atoms with van der Waals surface area (Å²) in [6.07, 6.45) is 0. The van der Waals surface area contributed by atoms with E-state index >= 15 is 0 Å². The first-order valence-electron chi connectivity index (χ1n) is 5.16. The van der Waals surface area contributed by atoms with Gasteiger partial charge >= 0.3 is 0 Å². The Morgan fingerprint density at radius 3 is 2.39 bits per heavy atom. The molecule has 6 heteroatoms. The number of hydrogen-bond acceptors (Lipinski definition) is 5. The van der Waals surface area contributed by atoms with Crippen molar-refractivity contribution in [3.05, 3.63) is 29.4 Å². The Hall–Kier alpha value is -2.01. The van der Waals surface area contributed by atoms with E-state index in [0.29, 0.717) is 22.3 Å². The van der Waals surface area contributed by atoms with E-state index in [1.54, 1.807) is 32.4 Å². The number of rotatable bonds is 3. The smallest absolute Gasteiger partial charge is 0.221 e. The number of nitrogens with zero attached hydrogens (tertiary/aromatic N) is 2. The highest BCUT2D eigenvalue weighted by Crippen LogP contribution is 2.32. The average Bonchev–Trinajstić information content (AvgIpc) is 2.36. The van der Waals surface area contributed by atoms with Gasteiger partial charge in [0.2, 0.25) is 5.95 Å². The molecule has 0 amide bonds. The van der Waals surface area contributed by atoms with E-state index in [2.05, 4.69) is 9.97 Å². The lowest BCUT2D eigenvalue weighted by atomic mass is 10.1. The van der Waals surface area contributed by atoms with Gasteiger partial charge in [0.15, 0.2) is 11.5 Å². The monoisotopic (exact) mass is 265 g/mol. The van der Waals surface area contributed by atoms with E-state index in [0.717, 1.165) is 5.56 Å². The number of benzene rings is 1. The number of methoxy groups -OCH3 is 2. The highest BCUT2D eigenvalue weighted by molar-refractivity contribution is 6.29. The summed E-state index contributed by atoms with van der Waals surface area (Å²) in [5.74, 6) is 1.39. The molecule has 0 saturated heterocycles. The fourth-order valence-corrected chi connectivity index (χ4v) is 1.77. The van der Waals surface area contributed by atoms with Crippen LogP contribution in [0.5, 0.6) is 11.5 Å². The second-order valence-corrected chi connectivity index (χ2v) is 3.89. The van der Waals surface area contributed by atoms with Gasteiger partial charge in [0.1, 0.15) is 5.15 Å². The van der Waals surface area contributed by atoms with Gasteiger partial charge in [-0.2, -0.15) is 0 Å². The first-order valence-corrected chi connectivity index (χ1v) is 5.54. The number of aromatic nitrogens is 2. The zero-order chi connectivity index (χ0) is 13.1. The fraction of sp³-hybridized carbons (Fsp3) is 0.167. The topological polar surface area (TPSA) is 70.3 Å².